The quantitative estimate of drug-likeness (QED) is 0.518. The Hall–Kier alpha value is -1.12. The van der Waals surface area contributed by atoms with E-state index in [9.17, 15) is 0 Å². The Balaban J connectivity index is 2.88. The van der Waals surface area contributed by atoms with Gasteiger partial charge in [-0.15, -0.1) is 6.58 Å². The molecule has 64 valence electrons. The average molecular weight is 162 g/mol. The molecule has 0 saturated carbocycles. The first-order chi connectivity index (χ1) is 5.75. The summed E-state index contributed by atoms with van der Waals surface area (Å²) in [6, 6.07) is 9.90. The molecule has 0 aliphatic heterocycles. The molecule has 0 heterocycles. The van der Waals surface area contributed by atoms with Crippen LogP contribution in [0.15, 0.2) is 43.0 Å². The predicted molar refractivity (Wildman–Crippen MR) is 51.5 cm³/mol. The Morgan fingerprint density at radius 3 is 2.17 bits per heavy atom. The van der Waals surface area contributed by atoms with Gasteiger partial charge in [0, 0.05) is 5.92 Å². The second kappa shape index (κ2) is 4.04. The highest BCUT2D eigenvalue weighted by molar-refractivity contribution is 5.24. The summed E-state index contributed by atoms with van der Waals surface area (Å²) in [4.78, 5) is 0. The molecule has 0 amide bonds. The van der Waals surface area contributed by atoms with Crippen LogP contribution < -0.4 is 11.5 Å². The normalized spacial score (nSPS) is 12.9. The Kier molecular flexibility index (Phi) is 3.02. The zero-order chi connectivity index (χ0) is 8.97. The Morgan fingerprint density at radius 2 is 1.75 bits per heavy atom. The van der Waals surface area contributed by atoms with Crippen LogP contribution in [0.4, 0.5) is 0 Å². The van der Waals surface area contributed by atoms with E-state index in [4.69, 9.17) is 11.5 Å². The SMILES string of the molecule is C=CC(c1ccccc1)C(N)N. The van der Waals surface area contributed by atoms with Gasteiger partial charge in [-0.1, -0.05) is 36.4 Å². The first-order valence-corrected chi connectivity index (χ1v) is 3.94. The summed E-state index contributed by atoms with van der Waals surface area (Å²) >= 11 is 0. The van der Waals surface area contributed by atoms with Gasteiger partial charge in [-0.3, -0.25) is 0 Å². The molecule has 0 aliphatic rings. The fourth-order valence-corrected chi connectivity index (χ4v) is 1.19. The monoisotopic (exact) mass is 162 g/mol. The van der Waals surface area contributed by atoms with Crippen LogP contribution in [0, 0.1) is 0 Å². The van der Waals surface area contributed by atoms with Gasteiger partial charge in [-0.25, -0.2) is 0 Å². The van der Waals surface area contributed by atoms with Gasteiger partial charge in [0.25, 0.3) is 0 Å². The van der Waals surface area contributed by atoms with Crippen molar-refractivity contribution in [3.63, 3.8) is 0 Å². The summed E-state index contributed by atoms with van der Waals surface area (Å²) in [6.07, 6.45) is 1.41. The van der Waals surface area contributed by atoms with Crippen LogP contribution in [0.3, 0.4) is 0 Å². The summed E-state index contributed by atoms with van der Waals surface area (Å²) in [5.74, 6) is 0.0474. The molecule has 0 radical (unpaired) electrons. The summed E-state index contributed by atoms with van der Waals surface area (Å²) in [7, 11) is 0. The van der Waals surface area contributed by atoms with Crippen LogP contribution in [-0.2, 0) is 0 Å². The van der Waals surface area contributed by atoms with E-state index >= 15 is 0 Å². The topological polar surface area (TPSA) is 52.0 Å². The fraction of sp³-hybridized carbons (Fsp3) is 0.200. The minimum absolute atomic E-state index is 0.0474. The number of hydrogen-bond donors (Lipinski definition) is 2. The van der Waals surface area contributed by atoms with E-state index in [1.807, 2.05) is 30.3 Å². The van der Waals surface area contributed by atoms with Gasteiger partial charge in [0.2, 0.25) is 0 Å². The van der Waals surface area contributed by atoms with Crippen LogP contribution in [-0.4, -0.2) is 6.17 Å². The van der Waals surface area contributed by atoms with Crippen LogP contribution >= 0.6 is 0 Å². The van der Waals surface area contributed by atoms with Crippen molar-refractivity contribution in [2.45, 2.75) is 12.1 Å². The molecule has 2 nitrogen and oxygen atoms in total. The molecule has 2 heteroatoms. The predicted octanol–water partition coefficient (Wildman–Crippen LogP) is 1.20. The van der Waals surface area contributed by atoms with Crippen LogP contribution in [0.2, 0.25) is 0 Å². The van der Waals surface area contributed by atoms with Crippen molar-refractivity contribution in [2.24, 2.45) is 11.5 Å². The van der Waals surface area contributed by atoms with E-state index in [1.54, 1.807) is 6.08 Å². The molecule has 0 bridgehead atoms. The third-order valence-corrected chi connectivity index (χ3v) is 1.85. The van der Waals surface area contributed by atoms with Crippen LogP contribution in [0.1, 0.15) is 11.5 Å². The fourth-order valence-electron chi connectivity index (χ4n) is 1.19. The Morgan fingerprint density at radius 1 is 1.17 bits per heavy atom. The van der Waals surface area contributed by atoms with E-state index in [2.05, 4.69) is 6.58 Å². The van der Waals surface area contributed by atoms with Gasteiger partial charge >= 0.3 is 0 Å². The van der Waals surface area contributed by atoms with Gasteiger partial charge < -0.3 is 11.5 Å². The maximum atomic E-state index is 5.59. The molecule has 0 aliphatic carbocycles. The maximum Gasteiger partial charge on any atom is 0.0627 e. The first kappa shape index (κ1) is 8.97. The largest absolute Gasteiger partial charge is 0.315 e. The van der Waals surface area contributed by atoms with Crippen molar-refractivity contribution >= 4 is 0 Å². The van der Waals surface area contributed by atoms with Crippen LogP contribution in [0.25, 0.3) is 0 Å². The second-order valence-electron chi connectivity index (χ2n) is 2.75. The molecule has 1 rings (SSSR count). The molecular weight excluding hydrogens is 148 g/mol. The Bertz CT molecular complexity index is 241. The van der Waals surface area contributed by atoms with Gasteiger partial charge in [-0.05, 0) is 5.56 Å². The maximum absolute atomic E-state index is 5.59. The number of benzene rings is 1. The molecule has 0 fully saturated rings. The lowest BCUT2D eigenvalue weighted by atomic mass is 9.97. The van der Waals surface area contributed by atoms with Gasteiger partial charge in [0.1, 0.15) is 0 Å². The minimum atomic E-state index is -0.370. The molecule has 0 spiro atoms. The molecule has 12 heavy (non-hydrogen) atoms. The van der Waals surface area contributed by atoms with Gasteiger partial charge in [0.05, 0.1) is 6.17 Å². The molecule has 4 N–H and O–H groups in total. The van der Waals surface area contributed by atoms with Gasteiger partial charge in [0.15, 0.2) is 0 Å². The van der Waals surface area contributed by atoms with E-state index in [0.717, 1.165) is 5.56 Å². The highest BCUT2D eigenvalue weighted by Crippen LogP contribution is 2.16. The highest BCUT2D eigenvalue weighted by Gasteiger charge is 2.11. The smallest absolute Gasteiger partial charge is 0.0627 e. The molecule has 1 aromatic rings. The van der Waals surface area contributed by atoms with E-state index in [0.29, 0.717) is 0 Å². The summed E-state index contributed by atoms with van der Waals surface area (Å²) < 4.78 is 0. The van der Waals surface area contributed by atoms with Crippen molar-refractivity contribution in [1.82, 2.24) is 0 Å². The lowest BCUT2D eigenvalue weighted by Gasteiger charge is -2.16. The summed E-state index contributed by atoms with van der Waals surface area (Å²) in [6.45, 7) is 3.70. The lowest BCUT2D eigenvalue weighted by molar-refractivity contribution is 0.634. The molecule has 1 aromatic carbocycles. The number of hydrogen-bond acceptors (Lipinski definition) is 2. The zero-order valence-corrected chi connectivity index (χ0v) is 6.98. The molecule has 0 aromatic heterocycles. The summed E-state index contributed by atoms with van der Waals surface area (Å²) in [5.41, 5.74) is 12.3. The Labute approximate surface area is 72.9 Å². The van der Waals surface area contributed by atoms with E-state index < -0.39 is 0 Å². The minimum Gasteiger partial charge on any atom is -0.315 e. The molecule has 0 saturated heterocycles. The van der Waals surface area contributed by atoms with Crippen molar-refractivity contribution in [3.8, 4) is 0 Å². The third-order valence-electron chi connectivity index (χ3n) is 1.85. The van der Waals surface area contributed by atoms with Crippen LogP contribution in [0.5, 0.6) is 0 Å². The molecule has 1 unspecified atom stereocenters. The second-order valence-corrected chi connectivity index (χ2v) is 2.75. The zero-order valence-electron chi connectivity index (χ0n) is 6.98. The first-order valence-electron chi connectivity index (χ1n) is 3.94. The van der Waals surface area contributed by atoms with Crippen molar-refractivity contribution in [1.29, 1.82) is 0 Å². The van der Waals surface area contributed by atoms with Crippen molar-refractivity contribution in [2.75, 3.05) is 0 Å². The highest BCUT2D eigenvalue weighted by atomic mass is 14.9. The lowest BCUT2D eigenvalue weighted by Crippen LogP contribution is -2.36. The van der Waals surface area contributed by atoms with E-state index in [1.165, 1.54) is 0 Å². The molecule has 1 atom stereocenters. The molecular formula is C10H14N2. The third kappa shape index (κ3) is 1.94. The van der Waals surface area contributed by atoms with E-state index in [-0.39, 0.29) is 12.1 Å². The number of rotatable bonds is 3. The van der Waals surface area contributed by atoms with Crippen molar-refractivity contribution in [3.05, 3.63) is 48.6 Å². The average Bonchev–Trinajstić information content (AvgIpc) is 2.07. The van der Waals surface area contributed by atoms with Crippen molar-refractivity contribution < 1.29 is 0 Å². The van der Waals surface area contributed by atoms with Gasteiger partial charge in [-0.2, -0.15) is 0 Å². The standard InChI is InChI=1S/C10H14N2/c1-2-9(10(11)12)8-6-4-3-5-7-8/h2-7,9-10H,1,11-12H2. The number of nitrogens with two attached hydrogens (primary N) is 2. The summed E-state index contributed by atoms with van der Waals surface area (Å²) in [5, 5.41) is 0.